The Hall–Kier alpha value is -2.70. The zero-order valence-corrected chi connectivity index (χ0v) is 19.1. The Balaban J connectivity index is 1.97. The molecule has 0 aliphatic heterocycles. The molecule has 0 amide bonds. The van der Waals surface area contributed by atoms with Gasteiger partial charge in [-0.15, -0.1) is 0 Å². The van der Waals surface area contributed by atoms with Crippen LogP contribution in [0.4, 0.5) is 13.2 Å². The van der Waals surface area contributed by atoms with Gasteiger partial charge in [0.25, 0.3) is 0 Å². The van der Waals surface area contributed by atoms with Crippen molar-refractivity contribution in [1.29, 1.82) is 0 Å². The van der Waals surface area contributed by atoms with Gasteiger partial charge in [0, 0.05) is 25.0 Å². The Bertz CT molecular complexity index is 989. The van der Waals surface area contributed by atoms with Crippen molar-refractivity contribution in [2.75, 3.05) is 13.1 Å². The molecular weight excluding hydrogens is 449 g/mol. The zero-order valence-electron chi connectivity index (χ0n) is 18.3. The lowest BCUT2D eigenvalue weighted by Gasteiger charge is -2.33. The van der Waals surface area contributed by atoms with Crippen LogP contribution in [-0.4, -0.2) is 24.0 Å². The summed E-state index contributed by atoms with van der Waals surface area (Å²) in [5, 5.41) is 2.69. The molecule has 174 valence electrons. The van der Waals surface area contributed by atoms with Gasteiger partial charge < -0.3 is 0 Å². The summed E-state index contributed by atoms with van der Waals surface area (Å²) >= 11 is 6.20. The fraction of sp³-hybridized carbons (Fsp3) is 0.308. The Morgan fingerprint density at radius 3 is 2.00 bits per heavy atom. The van der Waals surface area contributed by atoms with E-state index in [9.17, 15) is 18.1 Å². The van der Waals surface area contributed by atoms with E-state index in [1.807, 2.05) is 67.6 Å². The Morgan fingerprint density at radius 1 is 0.909 bits per heavy atom. The summed E-state index contributed by atoms with van der Waals surface area (Å²) in [5.41, 5.74) is 1.76. The molecule has 3 rings (SSSR count). The third-order valence-corrected chi connectivity index (χ3v) is 6.29. The molecule has 0 heterocycles. The molecule has 0 N–H and O–H groups in total. The number of nitrogens with zero attached hydrogens (tertiary/aromatic N) is 2. The van der Waals surface area contributed by atoms with Crippen LogP contribution in [0.3, 0.4) is 0 Å². The molecule has 0 saturated carbocycles. The van der Waals surface area contributed by atoms with E-state index in [2.05, 4.69) is 10.1 Å². The van der Waals surface area contributed by atoms with Crippen molar-refractivity contribution in [3.8, 4) is 0 Å². The second kappa shape index (κ2) is 11.4. The Kier molecular flexibility index (Phi) is 8.64. The molecule has 0 spiro atoms. The fourth-order valence-electron chi connectivity index (χ4n) is 3.97. The van der Waals surface area contributed by atoms with Crippen LogP contribution in [0.25, 0.3) is 0 Å². The Labute approximate surface area is 197 Å². The average Bonchev–Trinajstić information content (AvgIpc) is 2.81. The van der Waals surface area contributed by atoms with Gasteiger partial charge in [0.1, 0.15) is 0 Å². The quantitative estimate of drug-likeness (QED) is 0.284. The number of nitroso groups, excluding NO2 is 1. The summed E-state index contributed by atoms with van der Waals surface area (Å²) in [6.07, 6.45) is -4.03. The highest BCUT2D eigenvalue weighted by atomic mass is 35.5. The molecule has 7 heteroatoms. The molecule has 1 atom stereocenters. The lowest BCUT2D eigenvalue weighted by Crippen LogP contribution is -2.37. The van der Waals surface area contributed by atoms with Crippen molar-refractivity contribution in [3.63, 3.8) is 0 Å². The molecular formula is C26H26ClF3N2O. The van der Waals surface area contributed by atoms with Crippen molar-refractivity contribution >= 4 is 11.6 Å². The highest BCUT2D eigenvalue weighted by Gasteiger charge is 2.34. The smallest absolute Gasteiger partial charge is 0.295 e. The third-order valence-electron chi connectivity index (χ3n) is 5.84. The first-order chi connectivity index (χ1) is 15.8. The summed E-state index contributed by atoms with van der Waals surface area (Å²) in [7, 11) is 0. The first-order valence-corrected chi connectivity index (χ1v) is 11.2. The standard InChI is InChI=1S/C26H26ClF3N2O/c1-19(15-16-31-33)32(17-22-13-8-14-24(25(22)27)26(28,29)30)18-23(20-9-4-2-5-10-20)21-11-6-3-7-12-21/h2-14,19,23H,15-18H2,1H3/t19-/m1/s1. The number of alkyl halides is 3. The van der Waals surface area contributed by atoms with E-state index in [-0.39, 0.29) is 30.1 Å². The van der Waals surface area contributed by atoms with Gasteiger partial charge in [-0.05, 0) is 36.1 Å². The van der Waals surface area contributed by atoms with E-state index in [0.717, 1.165) is 17.2 Å². The number of hydrogen-bond acceptors (Lipinski definition) is 3. The summed E-state index contributed by atoms with van der Waals surface area (Å²) in [6, 6.07) is 23.9. The van der Waals surface area contributed by atoms with Crippen LogP contribution >= 0.6 is 11.6 Å². The maximum Gasteiger partial charge on any atom is 0.417 e. The highest BCUT2D eigenvalue weighted by Crippen LogP contribution is 2.37. The number of halogens is 4. The summed E-state index contributed by atoms with van der Waals surface area (Å²) < 4.78 is 40.2. The molecule has 0 unspecified atom stereocenters. The first-order valence-electron chi connectivity index (χ1n) is 10.8. The van der Waals surface area contributed by atoms with E-state index in [0.29, 0.717) is 18.5 Å². The van der Waals surface area contributed by atoms with Gasteiger partial charge in [-0.3, -0.25) is 4.90 Å². The predicted molar refractivity (Wildman–Crippen MR) is 126 cm³/mol. The maximum absolute atomic E-state index is 13.4. The second-order valence-corrected chi connectivity index (χ2v) is 8.45. The van der Waals surface area contributed by atoms with E-state index in [1.165, 1.54) is 6.07 Å². The summed E-state index contributed by atoms with van der Waals surface area (Å²) in [4.78, 5) is 12.8. The SMILES string of the molecule is C[C@H](CCN=O)N(Cc1cccc(C(F)(F)F)c1Cl)CC(c1ccccc1)c1ccccc1. The molecule has 3 aromatic rings. The highest BCUT2D eigenvalue weighted by molar-refractivity contribution is 6.32. The van der Waals surface area contributed by atoms with Crippen molar-refractivity contribution in [3.05, 3.63) is 111 Å². The topological polar surface area (TPSA) is 32.7 Å². The fourth-order valence-corrected chi connectivity index (χ4v) is 4.26. The van der Waals surface area contributed by atoms with Gasteiger partial charge in [0.15, 0.2) is 0 Å². The lowest BCUT2D eigenvalue weighted by atomic mass is 9.90. The molecule has 0 saturated heterocycles. The van der Waals surface area contributed by atoms with Gasteiger partial charge in [-0.25, -0.2) is 0 Å². The van der Waals surface area contributed by atoms with Crippen molar-refractivity contribution < 1.29 is 13.2 Å². The second-order valence-electron chi connectivity index (χ2n) is 8.07. The molecule has 0 aliphatic carbocycles. The van der Waals surface area contributed by atoms with Gasteiger partial charge >= 0.3 is 6.18 Å². The molecule has 0 aromatic heterocycles. The van der Waals surface area contributed by atoms with E-state index in [1.54, 1.807) is 6.07 Å². The van der Waals surface area contributed by atoms with Crippen molar-refractivity contribution in [2.24, 2.45) is 5.18 Å². The maximum atomic E-state index is 13.4. The van der Waals surface area contributed by atoms with E-state index in [4.69, 9.17) is 11.6 Å². The Morgan fingerprint density at radius 2 is 1.48 bits per heavy atom. The normalized spacial score (nSPS) is 12.8. The average molecular weight is 475 g/mol. The van der Waals surface area contributed by atoms with Crippen LogP contribution in [0.2, 0.25) is 5.02 Å². The molecule has 0 radical (unpaired) electrons. The molecule has 3 aromatic carbocycles. The number of rotatable bonds is 10. The van der Waals surface area contributed by atoms with Gasteiger partial charge in [-0.2, -0.15) is 18.1 Å². The minimum atomic E-state index is -4.53. The van der Waals surface area contributed by atoms with Gasteiger partial charge in [0.05, 0.1) is 17.1 Å². The zero-order chi connectivity index (χ0) is 23.8. The largest absolute Gasteiger partial charge is 0.417 e. The van der Waals surface area contributed by atoms with Gasteiger partial charge in [0.2, 0.25) is 0 Å². The van der Waals surface area contributed by atoms with Crippen molar-refractivity contribution in [1.82, 2.24) is 4.90 Å². The number of hydrogen-bond donors (Lipinski definition) is 0. The molecule has 0 aliphatic rings. The summed E-state index contributed by atoms with van der Waals surface area (Å²) in [5.74, 6) is -0.0105. The van der Waals surface area contributed by atoms with Crippen LogP contribution in [0.15, 0.2) is 84.0 Å². The minimum absolute atomic E-state index is 0.0105. The van der Waals surface area contributed by atoms with E-state index >= 15 is 0 Å². The first kappa shape index (κ1) is 24.9. The monoisotopic (exact) mass is 474 g/mol. The summed E-state index contributed by atoms with van der Waals surface area (Å²) in [6.45, 7) is 2.86. The molecule has 0 fully saturated rings. The third kappa shape index (κ3) is 6.65. The molecule has 3 nitrogen and oxygen atoms in total. The van der Waals surface area contributed by atoms with Crippen LogP contribution in [0.1, 0.15) is 41.5 Å². The lowest BCUT2D eigenvalue weighted by molar-refractivity contribution is -0.137. The minimum Gasteiger partial charge on any atom is -0.295 e. The predicted octanol–water partition coefficient (Wildman–Crippen LogP) is 7.54. The van der Waals surface area contributed by atoms with Crippen LogP contribution in [0.5, 0.6) is 0 Å². The number of benzene rings is 3. The van der Waals surface area contributed by atoms with Crippen molar-refractivity contribution in [2.45, 2.75) is 38.0 Å². The van der Waals surface area contributed by atoms with Crippen LogP contribution in [-0.2, 0) is 12.7 Å². The van der Waals surface area contributed by atoms with Crippen LogP contribution in [0, 0.1) is 4.91 Å². The molecule has 0 bridgehead atoms. The van der Waals surface area contributed by atoms with Crippen LogP contribution < -0.4 is 0 Å². The van der Waals surface area contributed by atoms with E-state index < -0.39 is 11.7 Å². The van der Waals surface area contributed by atoms with Gasteiger partial charge in [-0.1, -0.05) is 89.6 Å². The molecule has 33 heavy (non-hydrogen) atoms.